The largest absolute Gasteiger partial charge is 0.481 e. The summed E-state index contributed by atoms with van der Waals surface area (Å²) in [4.78, 5) is 46.7. The molecule has 0 amide bonds. The van der Waals surface area contributed by atoms with Crippen molar-refractivity contribution in [3.05, 3.63) is 0 Å². The molecule has 0 aromatic rings. The summed E-state index contributed by atoms with van der Waals surface area (Å²) in [6.45, 7) is 5.69. The van der Waals surface area contributed by atoms with Crippen molar-refractivity contribution >= 4 is 47.2 Å². The Morgan fingerprint density at radius 2 is 1.23 bits per heavy atom. The lowest BCUT2D eigenvalue weighted by Crippen LogP contribution is -2.21. The van der Waals surface area contributed by atoms with Gasteiger partial charge in [0.1, 0.15) is 11.9 Å². The number of carbonyl (C=O) groups is 4. The molecule has 258 valence electrons. The molecule has 10 nitrogen and oxygen atoms in total. The third-order valence-electron chi connectivity index (χ3n) is 7.26. The molecule has 4 unspecified atom stereocenters. The summed E-state index contributed by atoms with van der Waals surface area (Å²) in [6.07, 6.45) is 8.12. The van der Waals surface area contributed by atoms with Crippen LogP contribution in [0.2, 0.25) is 0 Å². The summed E-state index contributed by atoms with van der Waals surface area (Å²) in [5.41, 5.74) is 0. The van der Waals surface area contributed by atoms with Gasteiger partial charge in [0.05, 0.1) is 32.2 Å². The molecule has 0 fully saturated rings. The van der Waals surface area contributed by atoms with E-state index >= 15 is 0 Å². The standard InChI is InChI=1S/C32H58O10S2/c1-4-28(43-23-18-30(35)36)16-14-26(34)10-7-13-32(39)42-27(15-17-29(5-2)44-24-19-31(37)38)12-6-9-25(33)11-8-20-41-22-21-40-3/h26-29,34H,4-24H2,1-3H3,(H,35,36)(H,37,38). The van der Waals surface area contributed by atoms with Crippen LogP contribution in [-0.2, 0) is 33.4 Å². The monoisotopic (exact) mass is 666 g/mol. The number of carbonyl (C=O) groups excluding carboxylic acids is 2. The number of hydrogen-bond donors (Lipinski definition) is 3. The van der Waals surface area contributed by atoms with E-state index in [1.54, 1.807) is 30.6 Å². The Morgan fingerprint density at radius 3 is 1.80 bits per heavy atom. The number of Topliss-reactive ketones (excluding diaryl/α,β-unsaturated/α-hetero) is 1. The van der Waals surface area contributed by atoms with Gasteiger partial charge in [0, 0.05) is 55.0 Å². The minimum absolute atomic E-state index is 0.119. The lowest BCUT2D eigenvalue weighted by molar-refractivity contribution is -0.150. The van der Waals surface area contributed by atoms with Crippen LogP contribution in [0.3, 0.4) is 0 Å². The molecular weight excluding hydrogens is 608 g/mol. The van der Waals surface area contributed by atoms with E-state index in [1.807, 2.05) is 0 Å². The summed E-state index contributed by atoms with van der Waals surface area (Å²) in [5, 5.41) is 28.8. The summed E-state index contributed by atoms with van der Waals surface area (Å²) in [7, 11) is 1.61. The highest BCUT2D eigenvalue weighted by Crippen LogP contribution is 2.25. The highest BCUT2D eigenvalue weighted by Gasteiger charge is 2.19. The van der Waals surface area contributed by atoms with Crippen molar-refractivity contribution < 1.29 is 48.7 Å². The van der Waals surface area contributed by atoms with Crippen LogP contribution in [0.1, 0.15) is 117 Å². The maximum absolute atomic E-state index is 12.7. The van der Waals surface area contributed by atoms with Gasteiger partial charge in [-0.1, -0.05) is 13.8 Å². The number of aliphatic hydroxyl groups is 1. The molecular formula is C32H58O10S2. The van der Waals surface area contributed by atoms with Crippen LogP contribution in [0.5, 0.6) is 0 Å². The van der Waals surface area contributed by atoms with Crippen LogP contribution in [0.4, 0.5) is 0 Å². The second kappa shape index (κ2) is 29.1. The first-order valence-corrected chi connectivity index (χ1v) is 18.3. The Hall–Kier alpha value is -1.34. The third-order valence-corrected chi connectivity index (χ3v) is 10.2. The van der Waals surface area contributed by atoms with Gasteiger partial charge in [-0.25, -0.2) is 0 Å². The first kappa shape index (κ1) is 42.7. The van der Waals surface area contributed by atoms with E-state index in [1.165, 1.54) is 0 Å². The number of carboxylic acids is 2. The van der Waals surface area contributed by atoms with Crippen LogP contribution in [-0.4, -0.2) is 100 Å². The van der Waals surface area contributed by atoms with Gasteiger partial charge >= 0.3 is 17.9 Å². The summed E-state index contributed by atoms with van der Waals surface area (Å²) in [5.74, 6) is -0.634. The average molecular weight is 667 g/mol. The fraction of sp³-hybridized carbons (Fsp3) is 0.875. The highest BCUT2D eigenvalue weighted by molar-refractivity contribution is 8.00. The van der Waals surface area contributed by atoms with E-state index in [4.69, 9.17) is 24.4 Å². The quantitative estimate of drug-likeness (QED) is 0.0557. The van der Waals surface area contributed by atoms with Crippen LogP contribution < -0.4 is 0 Å². The molecule has 44 heavy (non-hydrogen) atoms. The second-order valence-corrected chi connectivity index (χ2v) is 13.9. The van der Waals surface area contributed by atoms with Gasteiger partial charge in [0.2, 0.25) is 0 Å². The fourth-order valence-corrected chi connectivity index (χ4v) is 6.92. The van der Waals surface area contributed by atoms with Crippen molar-refractivity contribution in [1.82, 2.24) is 0 Å². The third kappa shape index (κ3) is 27.0. The Bertz CT molecular complexity index is 767. The molecule has 0 rings (SSSR count). The Balaban J connectivity index is 4.65. The van der Waals surface area contributed by atoms with Crippen molar-refractivity contribution in [2.45, 2.75) is 139 Å². The number of methoxy groups -OCH3 is 1. The van der Waals surface area contributed by atoms with Gasteiger partial charge in [-0.3, -0.25) is 19.2 Å². The Morgan fingerprint density at radius 1 is 0.659 bits per heavy atom. The Labute approximate surface area is 273 Å². The maximum atomic E-state index is 12.7. The Kier molecular flexibility index (Phi) is 28.2. The molecule has 4 atom stereocenters. The lowest BCUT2D eigenvalue weighted by atomic mass is 10.0. The molecule has 0 radical (unpaired) electrons. The van der Waals surface area contributed by atoms with Crippen molar-refractivity contribution in [3.8, 4) is 0 Å². The smallest absolute Gasteiger partial charge is 0.306 e. The molecule has 0 aromatic heterocycles. The summed E-state index contributed by atoms with van der Waals surface area (Å²) < 4.78 is 16.2. The van der Waals surface area contributed by atoms with Crippen LogP contribution in [0.15, 0.2) is 0 Å². The van der Waals surface area contributed by atoms with Crippen molar-refractivity contribution in [1.29, 1.82) is 0 Å². The van der Waals surface area contributed by atoms with Crippen molar-refractivity contribution in [3.63, 3.8) is 0 Å². The van der Waals surface area contributed by atoms with Gasteiger partial charge in [0.25, 0.3) is 0 Å². The number of aliphatic carboxylic acids is 2. The first-order valence-electron chi connectivity index (χ1n) is 16.2. The molecule has 0 saturated heterocycles. The molecule has 0 aliphatic heterocycles. The van der Waals surface area contributed by atoms with Crippen LogP contribution in [0, 0.1) is 0 Å². The zero-order chi connectivity index (χ0) is 33.0. The molecule has 3 N–H and O–H groups in total. The maximum Gasteiger partial charge on any atom is 0.306 e. The van der Waals surface area contributed by atoms with Crippen molar-refractivity contribution in [2.24, 2.45) is 0 Å². The summed E-state index contributed by atoms with van der Waals surface area (Å²) in [6, 6.07) is 0. The van der Waals surface area contributed by atoms with E-state index in [2.05, 4.69) is 13.8 Å². The number of ketones is 1. The predicted molar refractivity (Wildman–Crippen MR) is 177 cm³/mol. The SMILES string of the molecule is CCC(CCC(O)CCCC(=O)OC(CCCC(=O)CCCOCCOC)CCC(CC)SCCC(=O)O)SCCC(=O)O. The normalized spacial score (nSPS) is 14.1. The zero-order valence-electron chi connectivity index (χ0n) is 27.2. The molecule has 0 spiro atoms. The molecule has 0 aromatic carbocycles. The molecule has 0 heterocycles. The minimum Gasteiger partial charge on any atom is -0.481 e. The van der Waals surface area contributed by atoms with E-state index in [0.29, 0.717) is 94.4 Å². The molecule has 0 bridgehead atoms. The lowest BCUT2D eigenvalue weighted by Gasteiger charge is -2.21. The van der Waals surface area contributed by atoms with Gasteiger partial charge in [-0.15, -0.1) is 0 Å². The number of hydrogen-bond acceptors (Lipinski definition) is 10. The van der Waals surface area contributed by atoms with Gasteiger partial charge < -0.3 is 29.5 Å². The van der Waals surface area contributed by atoms with E-state index in [0.717, 1.165) is 25.7 Å². The van der Waals surface area contributed by atoms with E-state index in [9.17, 15) is 24.3 Å². The average Bonchev–Trinajstić information content (AvgIpc) is 2.97. The van der Waals surface area contributed by atoms with Crippen molar-refractivity contribution in [2.75, 3.05) is 38.4 Å². The first-order chi connectivity index (χ1) is 21.1. The second-order valence-electron chi connectivity index (χ2n) is 11.0. The fourth-order valence-electron chi connectivity index (χ4n) is 4.59. The number of ether oxygens (including phenoxy) is 3. The number of carboxylic acid groups (broad SMARTS) is 2. The molecule has 12 heteroatoms. The number of esters is 1. The molecule has 0 aliphatic carbocycles. The minimum atomic E-state index is -0.810. The number of aliphatic hydroxyl groups excluding tert-OH is 1. The van der Waals surface area contributed by atoms with E-state index in [-0.39, 0.29) is 42.4 Å². The molecule has 0 saturated carbocycles. The number of rotatable bonds is 32. The predicted octanol–water partition coefficient (Wildman–Crippen LogP) is 6.15. The zero-order valence-corrected chi connectivity index (χ0v) is 28.8. The van der Waals surface area contributed by atoms with Crippen LogP contribution >= 0.6 is 23.5 Å². The van der Waals surface area contributed by atoms with E-state index < -0.39 is 18.0 Å². The molecule has 0 aliphatic rings. The number of thioether (sulfide) groups is 2. The van der Waals surface area contributed by atoms with Crippen LogP contribution in [0.25, 0.3) is 0 Å². The topological polar surface area (TPSA) is 157 Å². The van der Waals surface area contributed by atoms with Gasteiger partial charge in [-0.05, 0) is 70.6 Å². The summed E-state index contributed by atoms with van der Waals surface area (Å²) >= 11 is 3.27. The van der Waals surface area contributed by atoms with Gasteiger partial charge in [0.15, 0.2) is 0 Å². The van der Waals surface area contributed by atoms with Gasteiger partial charge in [-0.2, -0.15) is 23.5 Å². The highest BCUT2D eigenvalue weighted by atomic mass is 32.2.